The molecule has 0 bridgehead atoms. The zero-order valence-electron chi connectivity index (χ0n) is 11.2. The van der Waals surface area contributed by atoms with E-state index in [0.29, 0.717) is 23.8 Å². The molecule has 0 amide bonds. The molecule has 2 rings (SSSR count). The maximum atomic E-state index is 11.8. The van der Waals surface area contributed by atoms with Crippen LogP contribution in [0, 0.1) is 5.92 Å². The van der Waals surface area contributed by atoms with Crippen LogP contribution in [-0.4, -0.2) is 42.5 Å². The number of nitrogens with zero attached hydrogens (tertiary/aromatic N) is 1. The van der Waals surface area contributed by atoms with Gasteiger partial charge in [0.25, 0.3) is 0 Å². The van der Waals surface area contributed by atoms with Gasteiger partial charge in [0.2, 0.25) is 0 Å². The number of rotatable bonds is 5. The molecule has 98 valence electrons. The molecule has 1 saturated heterocycles. The first-order chi connectivity index (χ1) is 8.18. The highest BCUT2D eigenvalue weighted by atomic mass is 16.5. The minimum Gasteiger partial charge on any atom is -0.377 e. The van der Waals surface area contributed by atoms with Crippen molar-refractivity contribution < 1.29 is 9.53 Å². The average Bonchev–Trinajstić information content (AvgIpc) is 2.86. The highest BCUT2D eigenvalue weighted by Crippen LogP contribution is 2.32. The minimum absolute atomic E-state index is 0.309. The zero-order valence-corrected chi connectivity index (χ0v) is 11.2. The highest BCUT2D eigenvalue weighted by Gasteiger charge is 2.37. The molecule has 2 atom stereocenters. The van der Waals surface area contributed by atoms with Gasteiger partial charge in [-0.2, -0.15) is 0 Å². The molecule has 0 radical (unpaired) electrons. The van der Waals surface area contributed by atoms with Gasteiger partial charge in [-0.1, -0.05) is 0 Å². The SMILES string of the molecule is CC(C)OCCN1CCCC1C1CCCC1=O. The molecule has 0 aromatic rings. The number of ketones is 1. The van der Waals surface area contributed by atoms with E-state index in [1.807, 2.05) is 0 Å². The summed E-state index contributed by atoms with van der Waals surface area (Å²) in [6.45, 7) is 7.08. The molecule has 2 fully saturated rings. The van der Waals surface area contributed by atoms with Gasteiger partial charge in [0.1, 0.15) is 5.78 Å². The van der Waals surface area contributed by atoms with E-state index in [4.69, 9.17) is 4.74 Å². The minimum atomic E-state index is 0.309. The standard InChI is InChI=1S/C14H25NO2/c1-11(2)17-10-9-15-8-4-6-13(15)12-5-3-7-14(12)16/h11-13H,3-10H2,1-2H3. The summed E-state index contributed by atoms with van der Waals surface area (Å²) in [5.41, 5.74) is 0. The van der Waals surface area contributed by atoms with Crippen molar-refractivity contribution >= 4 is 5.78 Å². The van der Waals surface area contributed by atoms with Crippen molar-refractivity contribution in [1.29, 1.82) is 0 Å². The highest BCUT2D eigenvalue weighted by molar-refractivity contribution is 5.83. The lowest BCUT2D eigenvalue weighted by atomic mass is 9.95. The molecule has 3 heteroatoms. The molecule has 17 heavy (non-hydrogen) atoms. The van der Waals surface area contributed by atoms with Crippen LogP contribution in [0.3, 0.4) is 0 Å². The predicted octanol–water partition coefficient (Wildman–Crippen LogP) is 2.25. The van der Waals surface area contributed by atoms with Gasteiger partial charge < -0.3 is 4.74 Å². The van der Waals surface area contributed by atoms with Crippen molar-refractivity contribution in [2.24, 2.45) is 5.92 Å². The van der Waals surface area contributed by atoms with Gasteiger partial charge in [-0.25, -0.2) is 0 Å². The Kier molecular flexibility index (Phi) is 4.57. The number of carbonyl (C=O) groups excluding carboxylic acids is 1. The molecule has 0 aromatic carbocycles. The van der Waals surface area contributed by atoms with E-state index in [-0.39, 0.29) is 0 Å². The van der Waals surface area contributed by atoms with Crippen molar-refractivity contribution in [1.82, 2.24) is 4.90 Å². The number of hydrogen-bond donors (Lipinski definition) is 0. The fourth-order valence-electron chi connectivity index (χ4n) is 3.24. The number of hydrogen-bond acceptors (Lipinski definition) is 3. The van der Waals surface area contributed by atoms with Gasteiger partial charge in [-0.3, -0.25) is 9.69 Å². The molecule has 1 heterocycles. The maximum absolute atomic E-state index is 11.8. The quantitative estimate of drug-likeness (QED) is 0.737. The third-order valence-corrected chi connectivity index (χ3v) is 4.06. The largest absolute Gasteiger partial charge is 0.377 e. The lowest BCUT2D eigenvalue weighted by Crippen LogP contribution is -2.39. The number of ether oxygens (including phenoxy) is 1. The van der Waals surface area contributed by atoms with Crippen LogP contribution in [0.4, 0.5) is 0 Å². The van der Waals surface area contributed by atoms with Crippen LogP contribution in [0.25, 0.3) is 0 Å². The first kappa shape index (κ1) is 13.0. The van der Waals surface area contributed by atoms with Gasteiger partial charge in [0, 0.05) is 24.9 Å². The van der Waals surface area contributed by atoms with Gasteiger partial charge >= 0.3 is 0 Å². The molecule has 1 aliphatic heterocycles. The first-order valence-corrected chi connectivity index (χ1v) is 7.07. The Balaban J connectivity index is 1.82. The molecule has 2 unspecified atom stereocenters. The summed E-state index contributed by atoms with van der Waals surface area (Å²) in [6.07, 6.45) is 5.80. The molecular weight excluding hydrogens is 214 g/mol. The predicted molar refractivity (Wildman–Crippen MR) is 68.0 cm³/mol. The van der Waals surface area contributed by atoms with Crippen LogP contribution in [0.1, 0.15) is 46.0 Å². The van der Waals surface area contributed by atoms with Crippen LogP contribution in [0.15, 0.2) is 0 Å². The Hall–Kier alpha value is -0.410. The third kappa shape index (κ3) is 3.29. The van der Waals surface area contributed by atoms with Gasteiger partial charge in [0.15, 0.2) is 0 Å². The molecule has 2 aliphatic rings. The molecule has 0 aromatic heterocycles. The second kappa shape index (κ2) is 5.96. The monoisotopic (exact) mass is 239 g/mol. The van der Waals surface area contributed by atoms with E-state index in [1.54, 1.807) is 0 Å². The summed E-state index contributed by atoms with van der Waals surface area (Å²) < 4.78 is 5.61. The molecule has 0 spiro atoms. The van der Waals surface area contributed by atoms with Crippen LogP contribution < -0.4 is 0 Å². The molecular formula is C14H25NO2. The van der Waals surface area contributed by atoms with Crippen LogP contribution in [0.2, 0.25) is 0 Å². The van der Waals surface area contributed by atoms with E-state index in [2.05, 4.69) is 18.7 Å². The summed E-state index contributed by atoms with van der Waals surface area (Å²) in [6, 6.07) is 0.515. The molecule has 0 N–H and O–H groups in total. The molecule has 1 saturated carbocycles. The maximum Gasteiger partial charge on any atom is 0.137 e. The van der Waals surface area contributed by atoms with Crippen molar-refractivity contribution in [2.45, 2.75) is 58.1 Å². The van der Waals surface area contributed by atoms with Crippen molar-refractivity contribution in [3.63, 3.8) is 0 Å². The molecule has 3 nitrogen and oxygen atoms in total. The summed E-state index contributed by atoms with van der Waals surface area (Å²) in [4.78, 5) is 14.3. The van der Waals surface area contributed by atoms with E-state index in [1.165, 1.54) is 12.8 Å². The van der Waals surface area contributed by atoms with Crippen molar-refractivity contribution in [3.05, 3.63) is 0 Å². The van der Waals surface area contributed by atoms with E-state index >= 15 is 0 Å². The second-order valence-electron chi connectivity index (χ2n) is 5.63. The van der Waals surface area contributed by atoms with Crippen LogP contribution in [-0.2, 0) is 9.53 Å². The fourth-order valence-corrected chi connectivity index (χ4v) is 3.24. The Morgan fingerprint density at radius 3 is 2.82 bits per heavy atom. The van der Waals surface area contributed by atoms with Crippen molar-refractivity contribution in [3.8, 4) is 0 Å². The Labute approximate surface area is 105 Å². The smallest absolute Gasteiger partial charge is 0.137 e. The zero-order chi connectivity index (χ0) is 12.3. The fraction of sp³-hybridized carbons (Fsp3) is 0.929. The van der Waals surface area contributed by atoms with E-state index in [0.717, 1.165) is 39.0 Å². The molecule has 1 aliphatic carbocycles. The van der Waals surface area contributed by atoms with E-state index < -0.39 is 0 Å². The van der Waals surface area contributed by atoms with Crippen LogP contribution >= 0.6 is 0 Å². The average molecular weight is 239 g/mol. The first-order valence-electron chi connectivity index (χ1n) is 7.07. The van der Waals surface area contributed by atoms with Crippen molar-refractivity contribution in [2.75, 3.05) is 19.7 Å². The van der Waals surface area contributed by atoms with Gasteiger partial charge in [0.05, 0.1) is 12.7 Å². The Morgan fingerprint density at radius 2 is 2.18 bits per heavy atom. The second-order valence-corrected chi connectivity index (χ2v) is 5.63. The number of carbonyl (C=O) groups is 1. The topological polar surface area (TPSA) is 29.5 Å². The Bertz CT molecular complexity index is 265. The summed E-state index contributed by atoms with van der Waals surface area (Å²) in [5.74, 6) is 0.836. The third-order valence-electron chi connectivity index (χ3n) is 4.06. The lowest BCUT2D eigenvalue weighted by Gasteiger charge is -2.28. The van der Waals surface area contributed by atoms with Gasteiger partial charge in [-0.15, -0.1) is 0 Å². The van der Waals surface area contributed by atoms with E-state index in [9.17, 15) is 4.79 Å². The van der Waals surface area contributed by atoms with Crippen LogP contribution in [0.5, 0.6) is 0 Å². The summed E-state index contributed by atoms with van der Waals surface area (Å²) in [7, 11) is 0. The van der Waals surface area contributed by atoms with Gasteiger partial charge in [-0.05, 0) is 46.1 Å². The lowest BCUT2D eigenvalue weighted by molar-refractivity contribution is -0.122. The normalized spacial score (nSPS) is 30.6. The summed E-state index contributed by atoms with van der Waals surface area (Å²) in [5, 5.41) is 0. The summed E-state index contributed by atoms with van der Waals surface area (Å²) >= 11 is 0. The number of Topliss-reactive ketones (excluding diaryl/α,β-unsaturated/α-hetero) is 1. The Morgan fingerprint density at radius 1 is 1.35 bits per heavy atom. The number of likely N-dealkylation sites (tertiary alicyclic amines) is 1.